The van der Waals surface area contributed by atoms with Gasteiger partial charge in [-0.05, 0) is 27.3 Å². The molecular formula is C12H23N3O. The summed E-state index contributed by atoms with van der Waals surface area (Å²) in [6.45, 7) is 10.9. The highest BCUT2D eigenvalue weighted by Crippen LogP contribution is 2.04. The van der Waals surface area contributed by atoms with Gasteiger partial charge in [-0.25, -0.2) is 0 Å². The molecule has 0 N–H and O–H groups in total. The second-order valence-electron chi connectivity index (χ2n) is 3.72. The molecule has 0 heterocycles. The molecule has 92 valence electrons. The van der Waals surface area contributed by atoms with Crippen LogP contribution in [0.4, 0.5) is 0 Å². The van der Waals surface area contributed by atoms with E-state index in [1.54, 1.807) is 0 Å². The van der Waals surface area contributed by atoms with Crippen molar-refractivity contribution in [2.24, 2.45) is 0 Å². The number of carbonyl (C=O) groups is 1. The highest BCUT2D eigenvalue weighted by Gasteiger charge is 2.22. The van der Waals surface area contributed by atoms with Crippen molar-refractivity contribution in [1.82, 2.24) is 9.80 Å². The molecule has 0 radical (unpaired) electrons. The van der Waals surface area contributed by atoms with Crippen molar-refractivity contribution in [3.63, 3.8) is 0 Å². The fraction of sp³-hybridized carbons (Fsp3) is 0.833. The molecule has 1 unspecified atom stereocenters. The molecule has 0 aromatic heterocycles. The summed E-state index contributed by atoms with van der Waals surface area (Å²) in [5, 5.41) is 8.56. The van der Waals surface area contributed by atoms with Crippen molar-refractivity contribution in [2.75, 3.05) is 26.2 Å². The minimum absolute atomic E-state index is 0.127. The van der Waals surface area contributed by atoms with Gasteiger partial charge in [-0.1, -0.05) is 6.92 Å². The van der Waals surface area contributed by atoms with E-state index < -0.39 is 0 Å². The van der Waals surface area contributed by atoms with Crippen LogP contribution < -0.4 is 0 Å². The zero-order valence-corrected chi connectivity index (χ0v) is 10.9. The van der Waals surface area contributed by atoms with Gasteiger partial charge in [0.1, 0.15) is 0 Å². The number of hydrogen-bond acceptors (Lipinski definition) is 3. The number of nitrogens with zero attached hydrogens (tertiary/aromatic N) is 3. The molecule has 0 aliphatic heterocycles. The topological polar surface area (TPSA) is 47.3 Å². The van der Waals surface area contributed by atoms with E-state index >= 15 is 0 Å². The minimum Gasteiger partial charge on any atom is -0.342 e. The summed E-state index contributed by atoms with van der Waals surface area (Å²) >= 11 is 0. The molecule has 0 aromatic rings. The Morgan fingerprint density at radius 2 is 1.81 bits per heavy atom. The highest BCUT2D eigenvalue weighted by molar-refractivity contribution is 5.81. The second kappa shape index (κ2) is 8.12. The lowest BCUT2D eigenvalue weighted by Crippen LogP contribution is -2.47. The third-order valence-corrected chi connectivity index (χ3v) is 2.90. The lowest BCUT2D eigenvalue weighted by molar-refractivity contribution is -0.136. The summed E-state index contributed by atoms with van der Waals surface area (Å²) in [6, 6.07) is 1.99. The fourth-order valence-corrected chi connectivity index (χ4v) is 1.77. The SMILES string of the molecule is CCN(CC)C(=O)C(C)N(CC)CCC#N. The molecular weight excluding hydrogens is 202 g/mol. The number of rotatable bonds is 7. The predicted octanol–water partition coefficient (Wildman–Crippen LogP) is 1.48. The van der Waals surface area contributed by atoms with E-state index in [2.05, 4.69) is 6.07 Å². The molecule has 0 aliphatic rings. The molecule has 0 aliphatic carbocycles. The molecule has 0 bridgehead atoms. The standard InChI is InChI=1S/C12H23N3O/c1-5-14(6-2)12(16)11(4)15(7-3)10-8-9-13/h11H,5-8,10H2,1-4H3. The minimum atomic E-state index is -0.127. The number of likely N-dealkylation sites (N-methyl/N-ethyl adjacent to an activating group) is 2. The van der Waals surface area contributed by atoms with E-state index in [1.165, 1.54) is 0 Å². The Balaban J connectivity index is 4.43. The summed E-state index contributed by atoms with van der Waals surface area (Å²) in [5.74, 6) is 0.157. The van der Waals surface area contributed by atoms with Crippen LogP contribution in [-0.2, 0) is 4.79 Å². The lowest BCUT2D eigenvalue weighted by atomic mass is 10.2. The maximum atomic E-state index is 12.1. The Kier molecular flexibility index (Phi) is 7.57. The predicted molar refractivity (Wildman–Crippen MR) is 64.9 cm³/mol. The second-order valence-corrected chi connectivity index (χ2v) is 3.72. The van der Waals surface area contributed by atoms with E-state index in [4.69, 9.17) is 5.26 Å². The van der Waals surface area contributed by atoms with Gasteiger partial charge in [0.15, 0.2) is 0 Å². The number of hydrogen-bond donors (Lipinski definition) is 0. The molecule has 16 heavy (non-hydrogen) atoms. The summed E-state index contributed by atoms with van der Waals surface area (Å²) in [4.78, 5) is 15.9. The first-order valence-corrected chi connectivity index (χ1v) is 6.02. The normalized spacial score (nSPS) is 12.2. The van der Waals surface area contributed by atoms with Crippen molar-refractivity contribution in [2.45, 2.75) is 40.2 Å². The fourth-order valence-electron chi connectivity index (χ4n) is 1.77. The number of carbonyl (C=O) groups excluding carboxylic acids is 1. The Bertz CT molecular complexity index is 243. The molecule has 4 heteroatoms. The van der Waals surface area contributed by atoms with Crippen LogP contribution in [0.5, 0.6) is 0 Å². The van der Waals surface area contributed by atoms with Crippen molar-refractivity contribution >= 4 is 5.91 Å². The first-order valence-electron chi connectivity index (χ1n) is 6.02. The van der Waals surface area contributed by atoms with Crippen molar-refractivity contribution < 1.29 is 4.79 Å². The van der Waals surface area contributed by atoms with Gasteiger partial charge in [-0.15, -0.1) is 0 Å². The first-order chi connectivity index (χ1) is 7.62. The van der Waals surface area contributed by atoms with Crippen LogP contribution >= 0.6 is 0 Å². The van der Waals surface area contributed by atoms with Crippen LogP contribution in [0.3, 0.4) is 0 Å². The van der Waals surface area contributed by atoms with Gasteiger partial charge >= 0.3 is 0 Å². The monoisotopic (exact) mass is 225 g/mol. The molecule has 0 rings (SSSR count). The smallest absolute Gasteiger partial charge is 0.239 e. The maximum absolute atomic E-state index is 12.1. The molecule has 0 aromatic carbocycles. The molecule has 1 amide bonds. The first kappa shape index (κ1) is 14.9. The van der Waals surface area contributed by atoms with Crippen LogP contribution in [0.2, 0.25) is 0 Å². The van der Waals surface area contributed by atoms with Crippen LogP contribution in [0.1, 0.15) is 34.1 Å². The van der Waals surface area contributed by atoms with Crippen molar-refractivity contribution in [3.05, 3.63) is 0 Å². The zero-order chi connectivity index (χ0) is 12.6. The third kappa shape index (κ3) is 4.19. The van der Waals surface area contributed by atoms with Gasteiger partial charge in [0.2, 0.25) is 5.91 Å². The van der Waals surface area contributed by atoms with Gasteiger partial charge in [-0.2, -0.15) is 5.26 Å². The quantitative estimate of drug-likeness (QED) is 0.659. The Labute approximate surface area is 98.8 Å². The summed E-state index contributed by atoms with van der Waals surface area (Å²) in [6.07, 6.45) is 0.476. The van der Waals surface area contributed by atoms with Crippen LogP contribution in [0, 0.1) is 11.3 Å². The van der Waals surface area contributed by atoms with Crippen LogP contribution in [0.25, 0.3) is 0 Å². The summed E-state index contributed by atoms with van der Waals surface area (Å²) in [5.41, 5.74) is 0. The molecule has 1 atom stereocenters. The van der Waals surface area contributed by atoms with E-state index in [0.29, 0.717) is 13.0 Å². The largest absolute Gasteiger partial charge is 0.342 e. The average Bonchev–Trinajstić information content (AvgIpc) is 2.31. The van der Waals surface area contributed by atoms with Crippen molar-refractivity contribution in [1.29, 1.82) is 5.26 Å². The molecule has 0 saturated heterocycles. The number of amides is 1. The van der Waals surface area contributed by atoms with E-state index in [1.807, 2.05) is 37.5 Å². The van der Waals surface area contributed by atoms with Gasteiger partial charge in [-0.3, -0.25) is 9.69 Å². The maximum Gasteiger partial charge on any atom is 0.239 e. The Morgan fingerprint density at radius 1 is 1.25 bits per heavy atom. The van der Waals surface area contributed by atoms with Gasteiger partial charge in [0.05, 0.1) is 12.1 Å². The Hall–Kier alpha value is -1.08. The molecule has 4 nitrogen and oxygen atoms in total. The lowest BCUT2D eigenvalue weighted by Gasteiger charge is -2.30. The van der Waals surface area contributed by atoms with Gasteiger partial charge in [0.25, 0.3) is 0 Å². The van der Waals surface area contributed by atoms with E-state index in [0.717, 1.165) is 19.6 Å². The zero-order valence-electron chi connectivity index (χ0n) is 10.9. The van der Waals surface area contributed by atoms with E-state index in [-0.39, 0.29) is 11.9 Å². The van der Waals surface area contributed by atoms with Gasteiger partial charge < -0.3 is 4.90 Å². The summed E-state index contributed by atoms with van der Waals surface area (Å²) < 4.78 is 0. The van der Waals surface area contributed by atoms with Gasteiger partial charge in [0, 0.05) is 26.1 Å². The third-order valence-electron chi connectivity index (χ3n) is 2.90. The number of nitriles is 1. The summed E-state index contributed by atoms with van der Waals surface area (Å²) in [7, 11) is 0. The van der Waals surface area contributed by atoms with Crippen LogP contribution in [-0.4, -0.2) is 47.9 Å². The Morgan fingerprint density at radius 3 is 2.19 bits per heavy atom. The molecule has 0 fully saturated rings. The van der Waals surface area contributed by atoms with E-state index in [9.17, 15) is 4.79 Å². The van der Waals surface area contributed by atoms with Crippen molar-refractivity contribution in [3.8, 4) is 6.07 Å². The van der Waals surface area contributed by atoms with Crippen LogP contribution in [0.15, 0.2) is 0 Å². The average molecular weight is 225 g/mol. The molecule has 0 spiro atoms. The molecule has 0 saturated carbocycles. The highest BCUT2D eigenvalue weighted by atomic mass is 16.2.